The summed E-state index contributed by atoms with van der Waals surface area (Å²) in [4.78, 5) is 16.7. The molecule has 6 heteroatoms. The number of nitrogens with zero attached hydrogens (tertiary/aromatic N) is 2. The molecule has 1 aliphatic heterocycles. The van der Waals surface area contributed by atoms with E-state index in [4.69, 9.17) is 20.8 Å². The molecule has 0 bridgehead atoms. The van der Waals surface area contributed by atoms with Gasteiger partial charge in [0.15, 0.2) is 0 Å². The Morgan fingerprint density at radius 2 is 1.89 bits per heavy atom. The maximum Gasteiger partial charge on any atom is 0.336 e. The Labute approximate surface area is 169 Å². The van der Waals surface area contributed by atoms with Crippen molar-refractivity contribution in [3.05, 3.63) is 69.5 Å². The highest BCUT2D eigenvalue weighted by Gasteiger charge is 2.19. The zero-order chi connectivity index (χ0) is 19.5. The van der Waals surface area contributed by atoms with E-state index < -0.39 is 0 Å². The minimum Gasteiger partial charge on any atom is -0.494 e. The van der Waals surface area contributed by atoms with Crippen LogP contribution >= 0.6 is 11.6 Å². The van der Waals surface area contributed by atoms with Crippen molar-refractivity contribution in [2.24, 2.45) is 0 Å². The summed E-state index contributed by atoms with van der Waals surface area (Å²) >= 11 is 6.12. The standard InChI is InChI=1S/C22H23ClN2O3/c1-2-27-19-6-7-21-20(14-19)16(12-22(26)28-21)15-24-8-10-25(11-9-24)18-5-3-4-17(23)13-18/h3-7,12-14H,2,8-11,15H2,1H3. The monoisotopic (exact) mass is 398 g/mol. The zero-order valence-electron chi connectivity index (χ0n) is 15.9. The van der Waals surface area contributed by atoms with Crippen LogP contribution in [0.4, 0.5) is 5.69 Å². The molecule has 28 heavy (non-hydrogen) atoms. The van der Waals surface area contributed by atoms with E-state index in [1.54, 1.807) is 6.07 Å². The molecule has 2 heterocycles. The Bertz CT molecular complexity index is 1030. The molecule has 0 spiro atoms. The summed E-state index contributed by atoms with van der Waals surface area (Å²) in [6.45, 7) is 6.94. The van der Waals surface area contributed by atoms with Gasteiger partial charge in [-0.2, -0.15) is 0 Å². The van der Waals surface area contributed by atoms with Gasteiger partial charge in [-0.3, -0.25) is 4.90 Å². The first-order valence-electron chi connectivity index (χ1n) is 9.55. The van der Waals surface area contributed by atoms with Gasteiger partial charge in [0.25, 0.3) is 0 Å². The van der Waals surface area contributed by atoms with E-state index in [-0.39, 0.29) is 5.63 Å². The number of ether oxygens (including phenoxy) is 1. The molecule has 0 aliphatic carbocycles. The number of hydrogen-bond donors (Lipinski definition) is 0. The van der Waals surface area contributed by atoms with Gasteiger partial charge in [-0.05, 0) is 48.9 Å². The molecule has 4 rings (SSSR count). The number of rotatable bonds is 5. The lowest BCUT2D eigenvalue weighted by atomic mass is 10.1. The summed E-state index contributed by atoms with van der Waals surface area (Å²) in [7, 11) is 0. The maximum atomic E-state index is 12.0. The number of fused-ring (bicyclic) bond motifs is 1. The zero-order valence-corrected chi connectivity index (χ0v) is 16.6. The summed E-state index contributed by atoms with van der Waals surface area (Å²) in [5.74, 6) is 0.788. The minimum absolute atomic E-state index is 0.316. The number of benzene rings is 2. The van der Waals surface area contributed by atoms with Crippen molar-refractivity contribution in [3.63, 3.8) is 0 Å². The molecular formula is C22H23ClN2O3. The van der Waals surface area contributed by atoms with Crippen molar-refractivity contribution >= 4 is 28.3 Å². The SMILES string of the molecule is CCOc1ccc2oc(=O)cc(CN3CCN(c4cccc(Cl)c4)CC3)c2c1. The van der Waals surface area contributed by atoms with E-state index in [0.29, 0.717) is 18.7 Å². The topological polar surface area (TPSA) is 45.9 Å². The Morgan fingerprint density at radius 1 is 1.07 bits per heavy atom. The van der Waals surface area contributed by atoms with Crippen molar-refractivity contribution < 1.29 is 9.15 Å². The van der Waals surface area contributed by atoms with Crippen molar-refractivity contribution in [2.75, 3.05) is 37.7 Å². The van der Waals surface area contributed by atoms with Crippen molar-refractivity contribution in [1.82, 2.24) is 4.90 Å². The van der Waals surface area contributed by atoms with Crippen LogP contribution in [0.2, 0.25) is 5.02 Å². The van der Waals surface area contributed by atoms with Crippen LogP contribution in [0.15, 0.2) is 57.7 Å². The summed E-state index contributed by atoms with van der Waals surface area (Å²) in [5.41, 5.74) is 2.41. The molecule has 1 saturated heterocycles. The van der Waals surface area contributed by atoms with Gasteiger partial charge in [0.2, 0.25) is 0 Å². The van der Waals surface area contributed by atoms with Gasteiger partial charge in [0, 0.05) is 54.9 Å². The van der Waals surface area contributed by atoms with Gasteiger partial charge < -0.3 is 14.1 Å². The second kappa shape index (κ2) is 8.25. The summed E-state index contributed by atoms with van der Waals surface area (Å²) in [5, 5.41) is 1.69. The quantitative estimate of drug-likeness (QED) is 0.604. The number of anilines is 1. The van der Waals surface area contributed by atoms with Gasteiger partial charge in [0.1, 0.15) is 11.3 Å². The largest absolute Gasteiger partial charge is 0.494 e. The molecule has 146 valence electrons. The van der Waals surface area contributed by atoms with Gasteiger partial charge in [-0.15, -0.1) is 0 Å². The van der Waals surface area contributed by atoms with Gasteiger partial charge in [-0.25, -0.2) is 4.79 Å². The third-order valence-electron chi connectivity index (χ3n) is 5.05. The molecule has 2 aromatic carbocycles. The molecule has 0 amide bonds. The molecule has 3 aromatic rings. The predicted molar refractivity (Wildman–Crippen MR) is 113 cm³/mol. The van der Waals surface area contributed by atoms with Crippen LogP contribution < -0.4 is 15.3 Å². The van der Waals surface area contributed by atoms with Crippen LogP contribution in [0.1, 0.15) is 12.5 Å². The third kappa shape index (κ3) is 4.16. The number of hydrogen-bond acceptors (Lipinski definition) is 5. The molecule has 1 fully saturated rings. The van der Waals surface area contributed by atoms with E-state index in [2.05, 4.69) is 15.9 Å². The normalized spacial score (nSPS) is 15.1. The Kier molecular flexibility index (Phi) is 5.55. The lowest BCUT2D eigenvalue weighted by Gasteiger charge is -2.36. The average Bonchev–Trinajstić information content (AvgIpc) is 2.69. The smallest absolute Gasteiger partial charge is 0.336 e. The highest BCUT2D eigenvalue weighted by molar-refractivity contribution is 6.30. The second-order valence-corrected chi connectivity index (χ2v) is 7.36. The maximum absolute atomic E-state index is 12.0. The fourth-order valence-electron chi connectivity index (χ4n) is 3.67. The van der Waals surface area contributed by atoms with E-state index in [9.17, 15) is 4.79 Å². The number of piperazine rings is 1. The summed E-state index contributed by atoms with van der Waals surface area (Å²) in [6, 6.07) is 15.2. The first kappa shape index (κ1) is 18.8. The molecule has 1 aromatic heterocycles. The number of halogens is 1. The van der Waals surface area contributed by atoms with Gasteiger partial charge >= 0.3 is 5.63 Å². The molecular weight excluding hydrogens is 376 g/mol. The molecule has 5 nitrogen and oxygen atoms in total. The van der Waals surface area contributed by atoms with Crippen molar-refractivity contribution in [2.45, 2.75) is 13.5 Å². The summed E-state index contributed by atoms with van der Waals surface area (Å²) in [6.07, 6.45) is 0. The summed E-state index contributed by atoms with van der Waals surface area (Å²) < 4.78 is 11.0. The minimum atomic E-state index is -0.316. The first-order chi connectivity index (χ1) is 13.6. The highest BCUT2D eigenvalue weighted by atomic mass is 35.5. The fraction of sp³-hybridized carbons (Fsp3) is 0.318. The predicted octanol–water partition coefficient (Wildman–Crippen LogP) is 4.17. The first-order valence-corrected chi connectivity index (χ1v) is 9.92. The Morgan fingerprint density at radius 3 is 2.64 bits per heavy atom. The van der Waals surface area contributed by atoms with E-state index in [0.717, 1.165) is 53.6 Å². The van der Waals surface area contributed by atoms with Crippen LogP contribution in [-0.2, 0) is 6.54 Å². The highest BCUT2D eigenvalue weighted by Crippen LogP contribution is 2.25. The van der Waals surface area contributed by atoms with Gasteiger partial charge in [-0.1, -0.05) is 17.7 Å². The average molecular weight is 399 g/mol. The second-order valence-electron chi connectivity index (χ2n) is 6.92. The lowest BCUT2D eigenvalue weighted by molar-refractivity contribution is 0.250. The van der Waals surface area contributed by atoms with Crippen LogP contribution in [0.5, 0.6) is 5.75 Å². The molecule has 0 atom stereocenters. The van der Waals surface area contributed by atoms with Crippen LogP contribution in [0.3, 0.4) is 0 Å². The Balaban J connectivity index is 1.51. The lowest BCUT2D eigenvalue weighted by Crippen LogP contribution is -2.46. The van der Waals surface area contributed by atoms with Crippen LogP contribution in [0, 0.1) is 0 Å². The van der Waals surface area contributed by atoms with Gasteiger partial charge in [0.05, 0.1) is 6.61 Å². The van der Waals surface area contributed by atoms with Crippen LogP contribution in [0.25, 0.3) is 11.0 Å². The third-order valence-corrected chi connectivity index (χ3v) is 5.29. The molecule has 1 aliphatic rings. The molecule has 0 saturated carbocycles. The molecule has 0 N–H and O–H groups in total. The fourth-order valence-corrected chi connectivity index (χ4v) is 3.86. The van der Waals surface area contributed by atoms with Crippen molar-refractivity contribution in [1.29, 1.82) is 0 Å². The van der Waals surface area contributed by atoms with E-state index in [1.807, 2.05) is 43.3 Å². The van der Waals surface area contributed by atoms with E-state index >= 15 is 0 Å². The molecule has 0 unspecified atom stereocenters. The van der Waals surface area contributed by atoms with E-state index in [1.165, 1.54) is 0 Å². The van der Waals surface area contributed by atoms with Crippen LogP contribution in [-0.4, -0.2) is 37.7 Å². The Hall–Kier alpha value is -2.50. The van der Waals surface area contributed by atoms with Crippen molar-refractivity contribution in [3.8, 4) is 5.75 Å². The molecule has 0 radical (unpaired) electrons.